The van der Waals surface area contributed by atoms with Crippen molar-refractivity contribution in [3.63, 3.8) is 0 Å². The van der Waals surface area contributed by atoms with Crippen molar-refractivity contribution >= 4 is 0 Å². The highest BCUT2D eigenvalue weighted by Gasteiger charge is 2.35. The van der Waals surface area contributed by atoms with Crippen molar-refractivity contribution in [2.75, 3.05) is 13.1 Å². The van der Waals surface area contributed by atoms with E-state index in [1.165, 1.54) is 36.8 Å². The van der Waals surface area contributed by atoms with Crippen LogP contribution in [0.25, 0.3) is 0 Å². The Morgan fingerprint density at radius 3 is 2.18 bits per heavy atom. The van der Waals surface area contributed by atoms with Gasteiger partial charge in [-0.3, -0.25) is 0 Å². The molecular weight excluding hydrogens is 206 g/mol. The maximum atomic E-state index is 3.57. The average molecular weight is 231 g/mol. The second-order valence-electron chi connectivity index (χ2n) is 5.64. The molecule has 0 aromatic heterocycles. The normalized spacial score (nSPS) is 18.5. The van der Waals surface area contributed by atoms with E-state index in [1.807, 2.05) is 0 Å². The van der Waals surface area contributed by atoms with Gasteiger partial charge in [0.15, 0.2) is 0 Å². The monoisotopic (exact) mass is 231 g/mol. The molecule has 1 fully saturated rings. The molecule has 1 aliphatic rings. The Hall–Kier alpha value is -0.820. The first kappa shape index (κ1) is 12.6. The average Bonchev–Trinajstić information content (AvgIpc) is 2.75. The van der Waals surface area contributed by atoms with E-state index in [0.717, 1.165) is 13.1 Å². The lowest BCUT2D eigenvalue weighted by atomic mass is 9.77. The fraction of sp³-hybridized carbons (Fsp3) is 0.625. The molecule has 1 aromatic carbocycles. The third kappa shape index (κ3) is 2.71. The molecule has 0 amide bonds. The molecule has 2 rings (SSSR count). The summed E-state index contributed by atoms with van der Waals surface area (Å²) < 4.78 is 0. The Balaban J connectivity index is 2.31. The summed E-state index contributed by atoms with van der Waals surface area (Å²) in [6.07, 6.45) is 5.47. The zero-order valence-corrected chi connectivity index (χ0v) is 11.5. The van der Waals surface area contributed by atoms with Crippen LogP contribution in [-0.2, 0) is 5.41 Å². The van der Waals surface area contributed by atoms with Gasteiger partial charge in [-0.25, -0.2) is 0 Å². The Morgan fingerprint density at radius 1 is 1.06 bits per heavy atom. The Labute approximate surface area is 106 Å². The molecule has 1 heteroatoms. The van der Waals surface area contributed by atoms with Gasteiger partial charge in [0, 0.05) is 12.0 Å². The lowest BCUT2D eigenvalue weighted by molar-refractivity contribution is 0.410. The number of benzene rings is 1. The van der Waals surface area contributed by atoms with E-state index in [4.69, 9.17) is 0 Å². The Bertz CT molecular complexity index is 355. The third-order valence-corrected chi connectivity index (χ3v) is 4.11. The van der Waals surface area contributed by atoms with Gasteiger partial charge in [0.2, 0.25) is 0 Å². The molecule has 0 saturated heterocycles. The standard InChI is InChI=1S/C16H25N/c1-4-17-12-16(7-5-6-8-16)15-10-13(2)9-14(3)11-15/h9-11,17H,4-8,12H2,1-3H3. The van der Waals surface area contributed by atoms with Crippen LogP contribution in [0, 0.1) is 13.8 Å². The van der Waals surface area contributed by atoms with Gasteiger partial charge in [0.1, 0.15) is 0 Å². The van der Waals surface area contributed by atoms with Gasteiger partial charge in [0.05, 0.1) is 0 Å². The second kappa shape index (κ2) is 5.22. The van der Waals surface area contributed by atoms with Crippen molar-refractivity contribution in [1.29, 1.82) is 0 Å². The largest absolute Gasteiger partial charge is 0.316 e. The highest BCUT2D eigenvalue weighted by atomic mass is 14.9. The van der Waals surface area contributed by atoms with Gasteiger partial charge in [-0.2, -0.15) is 0 Å². The van der Waals surface area contributed by atoms with Gasteiger partial charge in [-0.05, 0) is 38.8 Å². The molecule has 0 radical (unpaired) electrons. The molecular formula is C16H25N. The van der Waals surface area contributed by atoms with Crippen molar-refractivity contribution in [3.8, 4) is 0 Å². The van der Waals surface area contributed by atoms with Crippen molar-refractivity contribution in [1.82, 2.24) is 5.32 Å². The smallest absolute Gasteiger partial charge is 0.00779 e. The molecule has 1 aliphatic carbocycles. The molecule has 1 N–H and O–H groups in total. The van der Waals surface area contributed by atoms with E-state index in [-0.39, 0.29) is 0 Å². The molecule has 0 atom stereocenters. The van der Waals surface area contributed by atoms with Crippen LogP contribution in [0.4, 0.5) is 0 Å². The van der Waals surface area contributed by atoms with Crippen LogP contribution < -0.4 is 5.32 Å². The van der Waals surface area contributed by atoms with Gasteiger partial charge >= 0.3 is 0 Å². The molecule has 0 spiro atoms. The highest BCUT2D eigenvalue weighted by molar-refractivity contribution is 5.35. The minimum atomic E-state index is 0.410. The highest BCUT2D eigenvalue weighted by Crippen LogP contribution is 2.41. The maximum absolute atomic E-state index is 3.57. The lowest BCUT2D eigenvalue weighted by Crippen LogP contribution is -2.36. The quantitative estimate of drug-likeness (QED) is 0.832. The van der Waals surface area contributed by atoms with Crippen LogP contribution in [0.3, 0.4) is 0 Å². The minimum absolute atomic E-state index is 0.410. The summed E-state index contributed by atoms with van der Waals surface area (Å²) in [5, 5.41) is 3.57. The van der Waals surface area contributed by atoms with E-state index in [1.54, 1.807) is 5.56 Å². The summed E-state index contributed by atoms with van der Waals surface area (Å²) in [6, 6.07) is 7.07. The van der Waals surface area contributed by atoms with Crippen molar-refractivity contribution in [3.05, 3.63) is 34.9 Å². The fourth-order valence-electron chi connectivity index (χ4n) is 3.26. The van der Waals surface area contributed by atoms with E-state index in [0.29, 0.717) is 5.41 Å². The van der Waals surface area contributed by atoms with Crippen LogP contribution in [0.1, 0.15) is 49.3 Å². The summed E-state index contributed by atoms with van der Waals surface area (Å²) in [6.45, 7) is 8.85. The van der Waals surface area contributed by atoms with E-state index in [2.05, 4.69) is 44.3 Å². The molecule has 0 aliphatic heterocycles. The van der Waals surface area contributed by atoms with Gasteiger partial charge in [-0.15, -0.1) is 0 Å². The maximum Gasteiger partial charge on any atom is 0.00779 e. The molecule has 1 saturated carbocycles. The van der Waals surface area contributed by atoms with Crippen LogP contribution in [0.5, 0.6) is 0 Å². The van der Waals surface area contributed by atoms with Crippen molar-refractivity contribution in [2.45, 2.75) is 51.9 Å². The molecule has 0 bridgehead atoms. The number of rotatable bonds is 4. The van der Waals surface area contributed by atoms with Gasteiger partial charge in [-0.1, -0.05) is 49.1 Å². The summed E-state index contributed by atoms with van der Waals surface area (Å²) >= 11 is 0. The molecule has 0 unspecified atom stereocenters. The van der Waals surface area contributed by atoms with Crippen molar-refractivity contribution < 1.29 is 0 Å². The van der Waals surface area contributed by atoms with Crippen LogP contribution >= 0.6 is 0 Å². The molecule has 1 aromatic rings. The van der Waals surface area contributed by atoms with Crippen LogP contribution in [0.2, 0.25) is 0 Å². The Kier molecular flexibility index (Phi) is 3.88. The molecule has 17 heavy (non-hydrogen) atoms. The number of aryl methyl sites for hydroxylation is 2. The lowest BCUT2D eigenvalue weighted by Gasteiger charge is -2.30. The topological polar surface area (TPSA) is 12.0 Å². The van der Waals surface area contributed by atoms with Crippen LogP contribution in [-0.4, -0.2) is 13.1 Å². The zero-order chi connectivity index (χ0) is 12.3. The van der Waals surface area contributed by atoms with Gasteiger partial charge in [0.25, 0.3) is 0 Å². The zero-order valence-electron chi connectivity index (χ0n) is 11.5. The van der Waals surface area contributed by atoms with Gasteiger partial charge < -0.3 is 5.32 Å². The predicted octanol–water partition coefficient (Wildman–Crippen LogP) is 3.72. The molecule has 1 nitrogen and oxygen atoms in total. The predicted molar refractivity (Wildman–Crippen MR) is 74.6 cm³/mol. The second-order valence-corrected chi connectivity index (χ2v) is 5.64. The van der Waals surface area contributed by atoms with E-state index >= 15 is 0 Å². The van der Waals surface area contributed by atoms with Crippen molar-refractivity contribution in [2.24, 2.45) is 0 Å². The fourth-order valence-corrected chi connectivity index (χ4v) is 3.26. The first-order valence-corrected chi connectivity index (χ1v) is 6.96. The number of likely N-dealkylation sites (N-methyl/N-ethyl adjacent to an activating group) is 1. The number of hydrogen-bond acceptors (Lipinski definition) is 1. The summed E-state index contributed by atoms with van der Waals surface area (Å²) in [4.78, 5) is 0. The molecule has 94 valence electrons. The third-order valence-electron chi connectivity index (χ3n) is 4.11. The minimum Gasteiger partial charge on any atom is -0.316 e. The summed E-state index contributed by atoms with van der Waals surface area (Å²) in [5.74, 6) is 0. The summed E-state index contributed by atoms with van der Waals surface area (Å²) in [7, 11) is 0. The number of hydrogen-bond donors (Lipinski definition) is 1. The first-order valence-electron chi connectivity index (χ1n) is 6.96. The van der Waals surface area contributed by atoms with E-state index < -0.39 is 0 Å². The number of nitrogens with one attached hydrogen (secondary N) is 1. The summed E-state index contributed by atoms with van der Waals surface area (Å²) in [5.41, 5.74) is 4.78. The molecule has 0 heterocycles. The SMILES string of the molecule is CCNCC1(c2cc(C)cc(C)c2)CCCC1. The van der Waals surface area contributed by atoms with E-state index in [9.17, 15) is 0 Å². The first-order chi connectivity index (χ1) is 8.16. The van der Waals surface area contributed by atoms with Crippen LogP contribution in [0.15, 0.2) is 18.2 Å². The Morgan fingerprint density at radius 2 is 1.65 bits per heavy atom.